The molecule has 0 spiro atoms. The fraction of sp³-hybridized carbons (Fsp3) is 0.0667. The number of aliphatic hydroxyl groups excluding tert-OH is 1. The maximum Gasteiger partial charge on any atom is 0.126 e. The zero-order chi connectivity index (χ0) is 11.4. The second-order valence-electron chi connectivity index (χ2n) is 3.71. The Bertz CT molecular complexity index is 436. The van der Waals surface area contributed by atoms with E-state index in [1.807, 2.05) is 67.6 Å². The van der Waals surface area contributed by atoms with E-state index in [2.05, 4.69) is 0 Å². The standard InChI is InChI=1S/C15H14O/c1-12(13-8-4-2-5-9-13)15(16)14-10-6-3-7-11-14/h2-11,16H,1H3. The first-order valence-corrected chi connectivity index (χ1v) is 5.29. The lowest BCUT2D eigenvalue weighted by atomic mass is 10.0. The topological polar surface area (TPSA) is 20.2 Å². The zero-order valence-electron chi connectivity index (χ0n) is 9.22. The maximum absolute atomic E-state index is 10.1. The second-order valence-corrected chi connectivity index (χ2v) is 3.71. The van der Waals surface area contributed by atoms with E-state index >= 15 is 0 Å². The predicted molar refractivity (Wildman–Crippen MR) is 68.0 cm³/mol. The highest BCUT2D eigenvalue weighted by Crippen LogP contribution is 2.23. The molecular weight excluding hydrogens is 196 g/mol. The smallest absolute Gasteiger partial charge is 0.126 e. The van der Waals surface area contributed by atoms with Crippen molar-refractivity contribution in [3.05, 3.63) is 71.8 Å². The molecule has 80 valence electrons. The first kappa shape index (κ1) is 10.5. The summed E-state index contributed by atoms with van der Waals surface area (Å²) in [4.78, 5) is 0. The van der Waals surface area contributed by atoms with E-state index in [1.54, 1.807) is 0 Å². The number of benzene rings is 2. The molecular formula is C15H14O. The molecule has 0 aromatic heterocycles. The molecule has 0 aliphatic rings. The fourth-order valence-corrected chi connectivity index (χ4v) is 1.64. The lowest BCUT2D eigenvalue weighted by Gasteiger charge is -2.06. The van der Waals surface area contributed by atoms with E-state index in [4.69, 9.17) is 0 Å². The van der Waals surface area contributed by atoms with Crippen molar-refractivity contribution in [3.63, 3.8) is 0 Å². The molecule has 2 rings (SSSR count). The molecule has 0 saturated carbocycles. The third-order valence-corrected chi connectivity index (χ3v) is 2.61. The Labute approximate surface area is 95.7 Å². The van der Waals surface area contributed by atoms with Gasteiger partial charge in [-0.2, -0.15) is 0 Å². The summed E-state index contributed by atoms with van der Waals surface area (Å²) in [7, 11) is 0. The van der Waals surface area contributed by atoms with Gasteiger partial charge in [-0.15, -0.1) is 0 Å². The van der Waals surface area contributed by atoms with Gasteiger partial charge in [-0.25, -0.2) is 0 Å². The summed E-state index contributed by atoms with van der Waals surface area (Å²) in [5.74, 6) is 0.340. The third kappa shape index (κ3) is 2.14. The van der Waals surface area contributed by atoms with Gasteiger partial charge in [-0.1, -0.05) is 60.7 Å². The summed E-state index contributed by atoms with van der Waals surface area (Å²) in [6.45, 7) is 1.93. The first-order chi connectivity index (χ1) is 7.79. The Balaban J connectivity index is 2.43. The van der Waals surface area contributed by atoms with E-state index in [9.17, 15) is 5.11 Å². The number of allylic oxidation sites excluding steroid dienone is 1. The summed E-state index contributed by atoms with van der Waals surface area (Å²) < 4.78 is 0. The van der Waals surface area contributed by atoms with Crippen molar-refractivity contribution >= 4 is 11.3 Å². The number of aliphatic hydroxyl groups is 1. The van der Waals surface area contributed by atoms with E-state index < -0.39 is 0 Å². The highest BCUT2D eigenvalue weighted by atomic mass is 16.3. The second kappa shape index (κ2) is 4.67. The van der Waals surface area contributed by atoms with Crippen molar-refractivity contribution in [3.8, 4) is 0 Å². The van der Waals surface area contributed by atoms with Crippen LogP contribution in [0.15, 0.2) is 60.7 Å². The largest absolute Gasteiger partial charge is 0.507 e. The van der Waals surface area contributed by atoms with Crippen LogP contribution in [0, 0.1) is 0 Å². The van der Waals surface area contributed by atoms with Crippen LogP contribution in [0.5, 0.6) is 0 Å². The van der Waals surface area contributed by atoms with Crippen LogP contribution >= 0.6 is 0 Å². The Morgan fingerprint density at radius 1 is 0.750 bits per heavy atom. The molecule has 16 heavy (non-hydrogen) atoms. The van der Waals surface area contributed by atoms with Crippen molar-refractivity contribution in [1.29, 1.82) is 0 Å². The van der Waals surface area contributed by atoms with Gasteiger partial charge in [0.05, 0.1) is 0 Å². The number of hydrogen-bond donors (Lipinski definition) is 1. The molecule has 0 atom stereocenters. The van der Waals surface area contributed by atoms with Gasteiger partial charge >= 0.3 is 0 Å². The molecule has 0 saturated heterocycles. The van der Waals surface area contributed by atoms with Crippen LogP contribution in [0.3, 0.4) is 0 Å². The van der Waals surface area contributed by atoms with Crippen molar-refractivity contribution < 1.29 is 5.11 Å². The monoisotopic (exact) mass is 210 g/mol. The highest BCUT2D eigenvalue weighted by molar-refractivity contribution is 5.85. The number of rotatable bonds is 2. The summed E-state index contributed by atoms with van der Waals surface area (Å²) in [6.07, 6.45) is 0. The average Bonchev–Trinajstić information content (AvgIpc) is 2.39. The van der Waals surface area contributed by atoms with Crippen LogP contribution in [0.4, 0.5) is 0 Å². The van der Waals surface area contributed by atoms with Crippen LogP contribution in [-0.2, 0) is 0 Å². The summed E-state index contributed by atoms with van der Waals surface area (Å²) in [5.41, 5.74) is 2.79. The van der Waals surface area contributed by atoms with Crippen molar-refractivity contribution in [2.75, 3.05) is 0 Å². The molecule has 0 fully saturated rings. The molecule has 1 nitrogen and oxygen atoms in total. The summed E-state index contributed by atoms with van der Waals surface area (Å²) in [6, 6.07) is 19.5. The molecule has 0 bridgehead atoms. The molecule has 0 heterocycles. The van der Waals surface area contributed by atoms with Crippen LogP contribution in [0.1, 0.15) is 18.1 Å². The molecule has 2 aromatic rings. The highest BCUT2D eigenvalue weighted by Gasteiger charge is 2.04. The van der Waals surface area contributed by atoms with E-state index in [-0.39, 0.29) is 0 Å². The zero-order valence-corrected chi connectivity index (χ0v) is 9.22. The minimum absolute atomic E-state index is 0.340. The van der Waals surface area contributed by atoms with Gasteiger partial charge in [-0.3, -0.25) is 0 Å². The normalized spacial score (nSPS) is 12.1. The molecule has 1 N–H and O–H groups in total. The molecule has 0 amide bonds. The summed E-state index contributed by atoms with van der Waals surface area (Å²) in [5, 5.41) is 10.1. The van der Waals surface area contributed by atoms with Crippen molar-refractivity contribution in [2.45, 2.75) is 6.92 Å². The minimum atomic E-state index is 0.340. The number of hydrogen-bond acceptors (Lipinski definition) is 1. The quantitative estimate of drug-likeness (QED) is 0.583. The van der Waals surface area contributed by atoms with Gasteiger partial charge in [-0.05, 0) is 18.1 Å². The molecule has 0 aliphatic carbocycles. The van der Waals surface area contributed by atoms with Gasteiger partial charge in [0.2, 0.25) is 0 Å². The molecule has 0 radical (unpaired) electrons. The van der Waals surface area contributed by atoms with Crippen LogP contribution in [0.2, 0.25) is 0 Å². The Kier molecular flexibility index (Phi) is 3.06. The van der Waals surface area contributed by atoms with Crippen molar-refractivity contribution in [1.82, 2.24) is 0 Å². The van der Waals surface area contributed by atoms with Crippen molar-refractivity contribution in [2.24, 2.45) is 0 Å². The lowest BCUT2D eigenvalue weighted by molar-refractivity contribution is 0.513. The van der Waals surface area contributed by atoms with E-state index in [0.717, 1.165) is 16.7 Å². The fourth-order valence-electron chi connectivity index (χ4n) is 1.64. The predicted octanol–water partition coefficient (Wildman–Crippen LogP) is 4.13. The van der Waals surface area contributed by atoms with Crippen LogP contribution in [0.25, 0.3) is 11.3 Å². The van der Waals surface area contributed by atoms with E-state index in [0.29, 0.717) is 5.76 Å². The van der Waals surface area contributed by atoms with Gasteiger partial charge in [0.25, 0.3) is 0 Å². The van der Waals surface area contributed by atoms with Crippen LogP contribution in [-0.4, -0.2) is 5.11 Å². The molecule has 0 unspecified atom stereocenters. The Hall–Kier alpha value is -2.02. The van der Waals surface area contributed by atoms with Gasteiger partial charge in [0.15, 0.2) is 0 Å². The third-order valence-electron chi connectivity index (χ3n) is 2.61. The SMILES string of the molecule is CC(=C(O)c1ccccc1)c1ccccc1. The van der Waals surface area contributed by atoms with Crippen LogP contribution < -0.4 is 0 Å². The molecule has 2 aromatic carbocycles. The minimum Gasteiger partial charge on any atom is -0.507 e. The van der Waals surface area contributed by atoms with Gasteiger partial charge in [0.1, 0.15) is 5.76 Å². The average molecular weight is 210 g/mol. The van der Waals surface area contributed by atoms with Gasteiger partial charge in [0, 0.05) is 5.56 Å². The maximum atomic E-state index is 10.1. The Morgan fingerprint density at radius 3 is 1.69 bits per heavy atom. The lowest BCUT2D eigenvalue weighted by Crippen LogP contribution is -1.88. The summed E-state index contributed by atoms with van der Waals surface area (Å²) >= 11 is 0. The van der Waals surface area contributed by atoms with E-state index in [1.165, 1.54) is 0 Å². The molecule has 1 heteroatoms. The molecule has 0 aliphatic heterocycles. The Morgan fingerprint density at radius 2 is 1.19 bits per heavy atom. The van der Waals surface area contributed by atoms with Gasteiger partial charge < -0.3 is 5.11 Å². The first-order valence-electron chi connectivity index (χ1n) is 5.29.